The van der Waals surface area contributed by atoms with Crippen molar-refractivity contribution in [2.75, 3.05) is 33.1 Å². The maximum atomic E-state index is 12.7. The maximum Gasteiger partial charge on any atom is 0.268 e. The standard InChI is InChI=1S/C24H23ClN4O4S/c1-29(13-22(30)27-17-10-15(25)6-9-19(17)33-3)12-21-26-18-11-20(34-23(18)24(31)28-21)14-4-7-16(32-2)8-5-14/h4-11H,12-13H2,1-3H3,(H,27,30)(H,26,28,31). The molecule has 0 fully saturated rings. The number of nitrogens with one attached hydrogen (secondary N) is 2. The number of hydrogen-bond donors (Lipinski definition) is 2. The summed E-state index contributed by atoms with van der Waals surface area (Å²) in [5, 5.41) is 3.29. The van der Waals surface area contributed by atoms with Gasteiger partial charge in [-0.3, -0.25) is 14.5 Å². The van der Waals surface area contributed by atoms with E-state index in [-0.39, 0.29) is 18.0 Å². The molecule has 0 aliphatic carbocycles. The molecule has 0 radical (unpaired) electrons. The lowest BCUT2D eigenvalue weighted by Gasteiger charge is -2.16. The molecule has 0 atom stereocenters. The minimum Gasteiger partial charge on any atom is -0.497 e. The van der Waals surface area contributed by atoms with Crippen molar-refractivity contribution in [3.8, 4) is 21.9 Å². The number of thiophene rings is 1. The van der Waals surface area contributed by atoms with E-state index in [1.165, 1.54) is 18.4 Å². The highest BCUT2D eigenvalue weighted by Crippen LogP contribution is 2.32. The van der Waals surface area contributed by atoms with Crippen LogP contribution < -0.4 is 20.3 Å². The topological polar surface area (TPSA) is 96.5 Å². The molecule has 10 heteroatoms. The Bertz CT molecular complexity index is 1380. The van der Waals surface area contributed by atoms with E-state index in [1.54, 1.807) is 37.3 Å². The third-order valence-corrected chi connectivity index (χ3v) is 6.48. The second-order valence-electron chi connectivity index (χ2n) is 7.63. The molecule has 4 aromatic rings. The summed E-state index contributed by atoms with van der Waals surface area (Å²) >= 11 is 7.41. The zero-order valence-electron chi connectivity index (χ0n) is 18.8. The zero-order valence-corrected chi connectivity index (χ0v) is 20.4. The fraction of sp³-hybridized carbons (Fsp3) is 0.208. The van der Waals surface area contributed by atoms with Gasteiger partial charge in [-0.25, -0.2) is 4.98 Å². The van der Waals surface area contributed by atoms with E-state index in [4.69, 9.17) is 21.1 Å². The molecule has 0 spiro atoms. The first-order chi connectivity index (χ1) is 16.4. The van der Waals surface area contributed by atoms with Gasteiger partial charge in [0.1, 0.15) is 22.0 Å². The second-order valence-corrected chi connectivity index (χ2v) is 9.12. The Morgan fingerprint density at radius 1 is 1.15 bits per heavy atom. The van der Waals surface area contributed by atoms with E-state index < -0.39 is 0 Å². The molecule has 2 aromatic carbocycles. The molecule has 0 saturated heterocycles. The van der Waals surface area contributed by atoms with E-state index in [2.05, 4.69) is 15.3 Å². The van der Waals surface area contributed by atoms with Gasteiger partial charge in [0.05, 0.1) is 38.5 Å². The summed E-state index contributed by atoms with van der Waals surface area (Å²) in [6.07, 6.45) is 0. The molecule has 8 nitrogen and oxygen atoms in total. The van der Waals surface area contributed by atoms with Crippen LogP contribution in [0.15, 0.2) is 53.3 Å². The molecule has 0 saturated carbocycles. The highest BCUT2D eigenvalue weighted by molar-refractivity contribution is 7.22. The van der Waals surface area contributed by atoms with Gasteiger partial charge in [-0.2, -0.15) is 0 Å². The Labute approximate surface area is 205 Å². The first-order valence-corrected chi connectivity index (χ1v) is 11.5. The van der Waals surface area contributed by atoms with Gasteiger partial charge in [0.25, 0.3) is 5.56 Å². The molecule has 0 aliphatic rings. The number of carbonyl (C=O) groups is 1. The minimum absolute atomic E-state index is 0.0815. The summed E-state index contributed by atoms with van der Waals surface area (Å²) in [5.74, 6) is 1.52. The summed E-state index contributed by atoms with van der Waals surface area (Å²) < 4.78 is 11.0. The number of benzene rings is 2. The normalized spacial score (nSPS) is 11.1. The number of aromatic amines is 1. The number of anilines is 1. The zero-order chi connectivity index (χ0) is 24.2. The van der Waals surface area contributed by atoms with Crippen LogP contribution in [0.4, 0.5) is 5.69 Å². The van der Waals surface area contributed by atoms with Crippen molar-refractivity contribution in [2.45, 2.75) is 6.54 Å². The summed E-state index contributed by atoms with van der Waals surface area (Å²) in [6, 6.07) is 14.5. The number of ether oxygens (including phenoxy) is 2. The Kier molecular flexibility index (Phi) is 7.16. The number of nitrogens with zero attached hydrogens (tertiary/aromatic N) is 2. The Hall–Kier alpha value is -3.40. The minimum atomic E-state index is -0.246. The van der Waals surface area contributed by atoms with Crippen LogP contribution in [0.25, 0.3) is 20.7 Å². The Morgan fingerprint density at radius 2 is 1.91 bits per heavy atom. The van der Waals surface area contributed by atoms with Crippen LogP contribution in [0.1, 0.15) is 5.82 Å². The summed E-state index contributed by atoms with van der Waals surface area (Å²) in [5.41, 5.74) is 1.89. The average molecular weight is 499 g/mol. The molecular weight excluding hydrogens is 476 g/mol. The third-order valence-electron chi connectivity index (χ3n) is 5.08. The number of H-pyrrole nitrogens is 1. The maximum absolute atomic E-state index is 12.7. The average Bonchev–Trinajstić information content (AvgIpc) is 3.24. The molecule has 2 N–H and O–H groups in total. The molecular formula is C24H23ClN4O4S. The van der Waals surface area contributed by atoms with Crippen LogP contribution in [0, 0.1) is 0 Å². The largest absolute Gasteiger partial charge is 0.497 e. The van der Waals surface area contributed by atoms with E-state index >= 15 is 0 Å². The number of halogens is 1. The van der Waals surface area contributed by atoms with Crippen LogP contribution in [-0.4, -0.2) is 48.6 Å². The van der Waals surface area contributed by atoms with Gasteiger partial charge < -0.3 is 19.8 Å². The van der Waals surface area contributed by atoms with Gasteiger partial charge in [0, 0.05) is 9.90 Å². The highest BCUT2D eigenvalue weighted by atomic mass is 35.5. The second kappa shape index (κ2) is 10.3. The number of likely N-dealkylation sites (N-methyl/N-ethyl adjacent to an activating group) is 1. The molecule has 0 aliphatic heterocycles. The van der Waals surface area contributed by atoms with Gasteiger partial charge in [0.15, 0.2) is 0 Å². The lowest BCUT2D eigenvalue weighted by Crippen LogP contribution is -2.31. The Morgan fingerprint density at radius 3 is 2.62 bits per heavy atom. The van der Waals surface area contributed by atoms with Crippen molar-refractivity contribution in [1.29, 1.82) is 0 Å². The van der Waals surface area contributed by atoms with Crippen LogP contribution in [-0.2, 0) is 11.3 Å². The Balaban J connectivity index is 1.46. The fourth-order valence-electron chi connectivity index (χ4n) is 3.49. The van der Waals surface area contributed by atoms with Crippen LogP contribution >= 0.6 is 22.9 Å². The monoisotopic (exact) mass is 498 g/mol. The summed E-state index contributed by atoms with van der Waals surface area (Å²) in [7, 11) is 4.91. The third kappa shape index (κ3) is 5.39. The molecule has 34 heavy (non-hydrogen) atoms. The van der Waals surface area contributed by atoms with Gasteiger partial charge >= 0.3 is 0 Å². The van der Waals surface area contributed by atoms with Crippen LogP contribution in [0.2, 0.25) is 5.02 Å². The van der Waals surface area contributed by atoms with Gasteiger partial charge in [-0.1, -0.05) is 11.6 Å². The van der Waals surface area contributed by atoms with Crippen molar-refractivity contribution < 1.29 is 14.3 Å². The quantitative estimate of drug-likeness (QED) is 0.374. The molecule has 176 valence electrons. The van der Waals surface area contributed by atoms with Crippen LogP contribution in [0.3, 0.4) is 0 Å². The van der Waals surface area contributed by atoms with E-state index in [1.807, 2.05) is 30.3 Å². The molecule has 0 unspecified atom stereocenters. The highest BCUT2D eigenvalue weighted by Gasteiger charge is 2.14. The SMILES string of the molecule is COc1ccc(-c2cc3nc(CN(C)CC(=O)Nc4cc(Cl)ccc4OC)[nH]c(=O)c3s2)cc1. The molecule has 4 rings (SSSR count). The molecule has 2 aromatic heterocycles. The number of fused-ring (bicyclic) bond motifs is 1. The number of amides is 1. The summed E-state index contributed by atoms with van der Waals surface area (Å²) in [6.45, 7) is 0.372. The van der Waals surface area contributed by atoms with Gasteiger partial charge in [-0.05, 0) is 61.1 Å². The van der Waals surface area contributed by atoms with E-state index in [0.717, 1.165) is 16.2 Å². The number of rotatable bonds is 8. The van der Waals surface area contributed by atoms with Crippen molar-refractivity contribution >= 4 is 44.7 Å². The fourth-order valence-corrected chi connectivity index (χ4v) is 4.65. The first-order valence-electron chi connectivity index (χ1n) is 10.4. The lowest BCUT2D eigenvalue weighted by molar-refractivity contribution is -0.117. The van der Waals surface area contributed by atoms with Crippen LogP contribution in [0.5, 0.6) is 11.5 Å². The number of methoxy groups -OCH3 is 2. The predicted molar refractivity (Wildman–Crippen MR) is 135 cm³/mol. The number of carbonyl (C=O) groups excluding carboxylic acids is 1. The smallest absolute Gasteiger partial charge is 0.268 e. The van der Waals surface area contributed by atoms with Crippen molar-refractivity contribution in [1.82, 2.24) is 14.9 Å². The van der Waals surface area contributed by atoms with E-state index in [0.29, 0.717) is 39.0 Å². The van der Waals surface area contributed by atoms with Gasteiger partial charge in [-0.15, -0.1) is 11.3 Å². The molecule has 2 heterocycles. The van der Waals surface area contributed by atoms with Crippen molar-refractivity contribution in [2.24, 2.45) is 0 Å². The lowest BCUT2D eigenvalue weighted by atomic mass is 10.2. The van der Waals surface area contributed by atoms with Crippen molar-refractivity contribution in [3.05, 3.63) is 69.7 Å². The predicted octanol–water partition coefficient (Wildman–Crippen LogP) is 4.39. The number of hydrogen-bond acceptors (Lipinski definition) is 7. The van der Waals surface area contributed by atoms with Crippen molar-refractivity contribution in [3.63, 3.8) is 0 Å². The number of aromatic nitrogens is 2. The molecule has 0 bridgehead atoms. The van der Waals surface area contributed by atoms with E-state index in [9.17, 15) is 9.59 Å². The van der Waals surface area contributed by atoms with Gasteiger partial charge in [0.2, 0.25) is 5.91 Å². The molecule has 1 amide bonds. The first kappa shape index (κ1) is 23.7. The summed E-state index contributed by atoms with van der Waals surface area (Å²) in [4.78, 5) is 35.3.